The summed E-state index contributed by atoms with van der Waals surface area (Å²) in [6.45, 7) is 5.30. The Morgan fingerprint density at radius 1 is 1.28 bits per heavy atom. The topological polar surface area (TPSA) is 29.5 Å². The molecule has 0 saturated heterocycles. The highest BCUT2D eigenvalue weighted by Crippen LogP contribution is 2.47. The van der Waals surface area contributed by atoms with Crippen LogP contribution in [0.3, 0.4) is 0 Å². The van der Waals surface area contributed by atoms with Gasteiger partial charge in [-0.2, -0.15) is 0 Å². The van der Waals surface area contributed by atoms with Gasteiger partial charge in [0.2, 0.25) is 0 Å². The highest BCUT2D eigenvalue weighted by Gasteiger charge is 2.40. The zero-order valence-electron chi connectivity index (χ0n) is 11.3. The molecule has 0 radical (unpaired) electrons. The van der Waals surface area contributed by atoms with Crippen molar-refractivity contribution in [3.63, 3.8) is 0 Å². The van der Waals surface area contributed by atoms with Gasteiger partial charge in [0.05, 0.1) is 12.2 Å². The van der Waals surface area contributed by atoms with Gasteiger partial charge in [0.15, 0.2) is 0 Å². The monoisotopic (exact) mass is 246 g/mol. The lowest BCUT2D eigenvalue weighted by atomic mass is 9.70. The van der Waals surface area contributed by atoms with Gasteiger partial charge in [0, 0.05) is 12.0 Å². The van der Waals surface area contributed by atoms with Gasteiger partial charge in [0.25, 0.3) is 0 Å². The van der Waals surface area contributed by atoms with E-state index in [9.17, 15) is 5.11 Å². The Labute approximate surface area is 109 Å². The predicted molar refractivity (Wildman–Crippen MR) is 71.7 cm³/mol. The molecule has 3 rings (SSSR count). The maximum absolute atomic E-state index is 11.0. The Hall–Kier alpha value is -1.02. The Bertz CT molecular complexity index is 454. The van der Waals surface area contributed by atoms with Crippen LogP contribution < -0.4 is 4.74 Å². The minimum Gasteiger partial charge on any atom is -0.493 e. The molecule has 0 amide bonds. The van der Waals surface area contributed by atoms with Crippen LogP contribution in [-0.2, 0) is 12.0 Å². The maximum Gasteiger partial charge on any atom is 0.128 e. The van der Waals surface area contributed by atoms with Crippen LogP contribution in [0.1, 0.15) is 44.2 Å². The Morgan fingerprint density at radius 3 is 2.89 bits per heavy atom. The standard InChI is InChI=1S/C16H22O2/c1-11-6-8-16(17,10-12(11)2)14-5-3-4-13-7-9-18-15(13)14/h3-5,11-12,17H,6-10H2,1-2H3. The first-order chi connectivity index (χ1) is 8.60. The molecule has 3 unspecified atom stereocenters. The molecule has 0 spiro atoms. The highest BCUT2D eigenvalue weighted by atomic mass is 16.5. The first kappa shape index (κ1) is 12.0. The van der Waals surface area contributed by atoms with E-state index in [1.165, 1.54) is 5.56 Å². The molecule has 1 heterocycles. The van der Waals surface area contributed by atoms with E-state index in [0.29, 0.717) is 11.8 Å². The molecule has 1 aliphatic heterocycles. The molecule has 1 aromatic rings. The molecule has 1 aromatic carbocycles. The number of ether oxygens (including phenoxy) is 1. The maximum atomic E-state index is 11.0. The average Bonchev–Trinajstić information content (AvgIpc) is 2.82. The van der Waals surface area contributed by atoms with E-state index in [1.54, 1.807) is 0 Å². The first-order valence-electron chi connectivity index (χ1n) is 7.08. The molecule has 1 fully saturated rings. The van der Waals surface area contributed by atoms with Crippen molar-refractivity contribution in [2.45, 2.75) is 45.1 Å². The molecule has 0 bridgehead atoms. The predicted octanol–water partition coefficient (Wildman–Crippen LogP) is 3.27. The van der Waals surface area contributed by atoms with Crippen molar-refractivity contribution in [2.24, 2.45) is 11.8 Å². The third-order valence-corrected chi connectivity index (χ3v) is 4.86. The van der Waals surface area contributed by atoms with Crippen LogP contribution in [0.15, 0.2) is 18.2 Å². The molecular weight excluding hydrogens is 224 g/mol. The van der Waals surface area contributed by atoms with Gasteiger partial charge >= 0.3 is 0 Å². The quantitative estimate of drug-likeness (QED) is 0.824. The first-order valence-corrected chi connectivity index (χ1v) is 7.08. The summed E-state index contributed by atoms with van der Waals surface area (Å²) in [7, 11) is 0. The normalized spacial score (nSPS) is 35.1. The Kier molecular flexibility index (Phi) is 2.86. The van der Waals surface area contributed by atoms with Crippen LogP contribution >= 0.6 is 0 Å². The van der Waals surface area contributed by atoms with E-state index >= 15 is 0 Å². The number of hydrogen-bond donors (Lipinski definition) is 1. The lowest BCUT2D eigenvalue weighted by Gasteiger charge is -2.40. The summed E-state index contributed by atoms with van der Waals surface area (Å²) in [6, 6.07) is 6.22. The summed E-state index contributed by atoms with van der Waals surface area (Å²) in [5.74, 6) is 2.24. The number of hydrogen-bond acceptors (Lipinski definition) is 2. The van der Waals surface area contributed by atoms with Crippen LogP contribution in [-0.4, -0.2) is 11.7 Å². The second kappa shape index (κ2) is 4.27. The van der Waals surface area contributed by atoms with Crippen molar-refractivity contribution in [1.29, 1.82) is 0 Å². The van der Waals surface area contributed by atoms with Gasteiger partial charge in [0.1, 0.15) is 5.75 Å². The van der Waals surface area contributed by atoms with Gasteiger partial charge in [-0.05, 0) is 36.7 Å². The number of rotatable bonds is 1. The molecule has 2 aliphatic rings. The largest absolute Gasteiger partial charge is 0.493 e. The van der Waals surface area contributed by atoms with Crippen LogP contribution in [0.5, 0.6) is 5.75 Å². The fraction of sp³-hybridized carbons (Fsp3) is 0.625. The SMILES string of the molecule is CC1CCC(O)(c2cccc3c2OCC3)CC1C. The van der Waals surface area contributed by atoms with E-state index in [0.717, 1.165) is 43.6 Å². The molecule has 1 saturated carbocycles. The molecule has 1 aliphatic carbocycles. The molecule has 98 valence electrons. The molecule has 1 N–H and O–H groups in total. The molecule has 18 heavy (non-hydrogen) atoms. The second-order valence-corrected chi connectivity index (χ2v) is 6.12. The van der Waals surface area contributed by atoms with E-state index in [-0.39, 0.29) is 0 Å². The van der Waals surface area contributed by atoms with Crippen molar-refractivity contribution in [2.75, 3.05) is 6.61 Å². The zero-order valence-corrected chi connectivity index (χ0v) is 11.3. The van der Waals surface area contributed by atoms with Gasteiger partial charge in [-0.1, -0.05) is 32.0 Å². The molecule has 0 aromatic heterocycles. The summed E-state index contributed by atoms with van der Waals surface area (Å²) in [5.41, 5.74) is 1.60. The number of aliphatic hydroxyl groups is 1. The number of para-hydroxylation sites is 1. The lowest BCUT2D eigenvalue weighted by Crippen LogP contribution is -2.35. The highest BCUT2D eigenvalue weighted by molar-refractivity contribution is 5.47. The smallest absolute Gasteiger partial charge is 0.128 e. The zero-order chi connectivity index (χ0) is 12.8. The fourth-order valence-corrected chi connectivity index (χ4v) is 3.41. The summed E-state index contributed by atoms with van der Waals surface area (Å²) in [6.07, 6.45) is 3.79. The van der Waals surface area contributed by atoms with Crippen molar-refractivity contribution in [3.8, 4) is 5.75 Å². The third-order valence-electron chi connectivity index (χ3n) is 4.86. The van der Waals surface area contributed by atoms with Crippen LogP contribution in [0.2, 0.25) is 0 Å². The van der Waals surface area contributed by atoms with Crippen LogP contribution in [0.25, 0.3) is 0 Å². The minimum absolute atomic E-state index is 0.570. The number of fused-ring (bicyclic) bond motifs is 1. The van der Waals surface area contributed by atoms with E-state index in [2.05, 4.69) is 26.0 Å². The molecular formula is C16H22O2. The number of benzene rings is 1. The van der Waals surface area contributed by atoms with Gasteiger partial charge < -0.3 is 9.84 Å². The molecule has 3 atom stereocenters. The van der Waals surface area contributed by atoms with Crippen molar-refractivity contribution >= 4 is 0 Å². The average molecular weight is 246 g/mol. The van der Waals surface area contributed by atoms with Gasteiger partial charge in [-0.15, -0.1) is 0 Å². The summed E-state index contributed by atoms with van der Waals surface area (Å²) >= 11 is 0. The lowest BCUT2D eigenvalue weighted by molar-refractivity contribution is -0.0351. The minimum atomic E-state index is -0.679. The van der Waals surface area contributed by atoms with Gasteiger partial charge in [-0.25, -0.2) is 0 Å². The fourth-order valence-electron chi connectivity index (χ4n) is 3.41. The third kappa shape index (κ3) is 1.83. The second-order valence-electron chi connectivity index (χ2n) is 6.12. The summed E-state index contributed by atoms with van der Waals surface area (Å²) in [5, 5.41) is 11.0. The Balaban J connectivity index is 1.97. The van der Waals surface area contributed by atoms with E-state index < -0.39 is 5.60 Å². The Morgan fingerprint density at radius 2 is 2.11 bits per heavy atom. The van der Waals surface area contributed by atoms with Crippen LogP contribution in [0, 0.1) is 11.8 Å². The van der Waals surface area contributed by atoms with Crippen molar-refractivity contribution < 1.29 is 9.84 Å². The van der Waals surface area contributed by atoms with Crippen molar-refractivity contribution in [1.82, 2.24) is 0 Å². The summed E-state index contributed by atoms with van der Waals surface area (Å²) in [4.78, 5) is 0. The van der Waals surface area contributed by atoms with Crippen LogP contribution in [0.4, 0.5) is 0 Å². The van der Waals surface area contributed by atoms with E-state index in [1.807, 2.05) is 6.07 Å². The molecule has 2 heteroatoms. The van der Waals surface area contributed by atoms with Crippen molar-refractivity contribution in [3.05, 3.63) is 29.3 Å². The van der Waals surface area contributed by atoms with E-state index in [4.69, 9.17) is 4.74 Å². The van der Waals surface area contributed by atoms with Gasteiger partial charge in [-0.3, -0.25) is 0 Å². The molecule has 2 nitrogen and oxygen atoms in total. The summed E-state index contributed by atoms with van der Waals surface area (Å²) < 4.78 is 5.75.